The summed E-state index contributed by atoms with van der Waals surface area (Å²) in [4.78, 5) is 4.13. The molecule has 2 aromatic rings. The topological polar surface area (TPSA) is 105 Å². The molecule has 0 spiro atoms. The molecule has 1 heterocycles. The average molecular weight is 281 g/mol. The molecule has 102 valence electrons. The SMILES string of the molecule is CC(CO)NS(=O)(=O)c1ccc(N)c2cccnc12. The first-order valence-electron chi connectivity index (χ1n) is 5.72. The third-order valence-electron chi connectivity index (χ3n) is 2.69. The van der Waals surface area contributed by atoms with Crippen molar-refractivity contribution in [3.63, 3.8) is 0 Å². The van der Waals surface area contributed by atoms with Crippen LogP contribution in [0, 0.1) is 0 Å². The number of aliphatic hydroxyl groups is 1. The van der Waals surface area contributed by atoms with E-state index in [1.54, 1.807) is 19.1 Å². The van der Waals surface area contributed by atoms with Crippen LogP contribution in [-0.4, -0.2) is 31.2 Å². The Bertz CT molecular complexity index is 700. The standard InChI is InChI=1S/C12H15N3O3S/c1-8(7-16)15-19(17,18)11-5-4-10(13)9-3-2-6-14-12(9)11/h2-6,8,15-16H,7,13H2,1H3. The second-order valence-corrected chi connectivity index (χ2v) is 5.94. The Labute approximate surface area is 111 Å². The Kier molecular flexibility index (Phi) is 3.70. The van der Waals surface area contributed by atoms with Gasteiger partial charge in [0.15, 0.2) is 0 Å². The number of nitrogens with zero attached hydrogens (tertiary/aromatic N) is 1. The Morgan fingerprint density at radius 2 is 2.16 bits per heavy atom. The van der Waals surface area contributed by atoms with Crippen molar-refractivity contribution in [2.45, 2.75) is 17.9 Å². The van der Waals surface area contributed by atoms with Crippen LogP contribution in [0.1, 0.15) is 6.92 Å². The highest BCUT2D eigenvalue weighted by Gasteiger charge is 2.21. The van der Waals surface area contributed by atoms with E-state index in [-0.39, 0.29) is 11.5 Å². The molecular formula is C12H15N3O3S. The van der Waals surface area contributed by atoms with Crippen LogP contribution in [0.15, 0.2) is 35.4 Å². The minimum Gasteiger partial charge on any atom is -0.398 e. The lowest BCUT2D eigenvalue weighted by atomic mass is 10.2. The maximum Gasteiger partial charge on any atom is 0.243 e. The highest BCUT2D eigenvalue weighted by molar-refractivity contribution is 7.89. The number of aromatic nitrogens is 1. The second-order valence-electron chi connectivity index (χ2n) is 4.26. The van der Waals surface area contributed by atoms with Gasteiger partial charge in [0.25, 0.3) is 0 Å². The lowest BCUT2D eigenvalue weighted by Crippen LogP contribution is -2.35. The number of anilines is 1. The molecule has 6 nitrogen and oxygen atoms in total. The lowest BCUT2D eigenvalue weighted by Gasteiger charge is -2.13. The summed E-state index contributed by atoms with van der Waals surface area (Å²) < 4.78 is 26.8. The van der Waals surface area contributed by atoms with Crippen molar-refractivity contribution in [1.29, 1.82) is 0 Å². The quantitative estimate of drug-likeness (QED) is 0.707. The normalized spacial score (nSPS) is 13.6. The summed E-state index contributed by atoms with van der Waals surface area (Å²) >= 11 is 0. The average Bonchev–Trinajstić information content (AvgIpc) is 2.38. The van der Waals surface area contributed by atoms with E-state index >= 15 is 0 Å². The monoisotopic (exact) mass is 281 g/mol. The van der Waals surface area contributed by atoms with E-state index in [4.69, 9.17) is 10.8 Å². The number of pyridine rings is 1. The fraction of sp³-hybridized carbons (Fsp3) is 0.250. The molecule has 2 rings (SSSR count). The Morgan fingerprint density at radius 1 is 1.42 bits per heavy atom. The lowest BCUT2D eigenvalue weighted by molar-refractivity contribution is 0.265. The van der Waals surface area contributed by atoms with Crippen LogP contribution >= 0.6 is 0 Å². The number of sulfonamides is 1. The number of fused-ring (bicyclic) bond motifs is 1. The van der Waals surface area contributed by atoms with E-state index in [0.717, 1.165) is 0 Å². The number of nitrogens with two attached hydrogens (primary N) is 1. The summed E-state index contributed by atoms with van der Waals surface area (Å²) in [5.41, 5.74) is 6.59. The van der Waals surface area contributed by atoms with Gasteiger partial charge in [-0.05, 0) is 31.2 Å². The molecule has 7 heteroatoms. The Morgan fingerprint density at radius 3 is 2.84 bits per heavy atom. The molecule has 0 aliphatic carbocycles. The van der Waals surface area contributed by atoms with Gasteiger partial charge in [-0.25, -0.2) is 13.1 Å². The summed E-state index contributed by atoms with van der Waals surface area (Å²) in [6.45, 7) is 1.30. The molecule has 19 heavy (non-hydrogen) atoms. The smallest absolute Gasteiger partial charge is 0.243 e. The zero-order valence-electron chi connectivity index (χ0n) is 10.4. The number of aliphatic hydroxyl groups excluding tert-OH is 1. The third-order valence-corrected chi connectivity index (χ3v) is 4.31. The maximum absolute atomic E-state index is 12.2. The molecule has 0 amide bonds. The van der Waals surface area contributed by atoms with Crippen LogP contribution in [0.4, 0.5) is 5.69 Å². The van der Waals surface area contributed by atoms with Gasteiger partial charge in [0.05, 0.1) is 12.1 Å². The number of hydrogen-bond acceptors (Lipinski definition) is 5. The molecule has 0 saturated carbocycles. The summed E-state index contributed by atoms with van der Waals surface area (Å²) in [5.74, 6) is 0. The second kappa shape index (κ2) is 5.12. The fourth-order valence-electron chi connectivity index (χ4n) is 1.75. The first-order chi connectivity index (χ1) is 8.95. The maximum atomic E-state index is 12.2. The number of rotatable bonds is 4. The minimum atomic E-state index is -3.74. The van der Waals surface area contributed by atoms with Crippen molar-refractivity contribution in [3.05, 3.63) is 30.5 Å². The van der Waals surface area contributed by atoms with Crippen molar-refractivity contribution in [1.82, 2.24) is 9.71 Å². The van der Waals surface area contributed by atoms with Gasteiger partial charge < -0.3 is 10.8 Å². The van der Waals surface area contributed by atoms with E-state index in [2.05, 4.69) is 9.71 Å². The predicted octanol–water partition coefficient (Wildman–Crippen LogP) is 0.476. The van der Waals surface area contributed by atoms with Crippen molar-refractivity contribution in [2.24, 2.45) is 0 Å². The molecule has 0 aliphatic heterocycles. The van der Waals surface area contributed by atoms with Crippen molar-refractivity contribution in [2.75, 3.05) is 12.3 Å². The summed E-state index contributed by atoms with van der Waals surface area (Å²) in [6.07, 6.45) is 1.51. The van der Waals surface area contributed by atoms with Crippen molar-refractivity contribution >= 4 is 26.6 Å². The van der Waals surface area contributed by atoms with Gasteiger partial charge >= 0.3 is 0 Å². The Balaban J connectivity index is 2.60. The van der Waals surface area contributed by atoms with Gasteiger partial charge in [-0.3, -0.25) is 4.98 Å². The number of hydrogen-bond donors (Lipinski definition) is 3. The molecular weight excluding hydrogens is 266 g/mol. The first-order valence-corrected chi connectivity index (χ1v) is 7.20. The van der Waals surface area contributed by atoms with E-state index in [0.29, 0.717) is 16.6 Å². The highest BCUT2D eigenvalue weighted by atomic mass is 32.2. The number of nitrogen functional groups attached to an aromatic ring is 1. The molecule has 1 aromatic carbocycles. The predicted molar refractivity (Wildman–Crippen MR) is 73.0 cm³/mol. The van der Waals surface area contributed by atoms with Gasteiger partial charge in [-0.1, -0.05) is 0 Å². The fourth-order valence-corrected chi connectivity index (χ4v) is 3.15. The molecule has 1 atom stereocenters. The van der Waals surface area contributed by atoms with Crippen LogP contribution in [0.25, 0.3) is 10.9 Å². The third kappa shape index (κ3) is 2.67. The number of nitrogens with one attached hydrogen (secondary N) is 1. The minimum absolute atomic E-state index is 0.0533. The molecule has 0 aliphatic rings. The Hall–Kier alpha value is -1.70. The van der Waals surface area contributed by atoms with Gasteiger partial charge in [0.2, 0.25) is 10.0 Å². The molecule has 0 fully saturated rings. The zero-order chi connectivity index (χ0) is 14.0. The van der Waals surface area contributed by atoms with E-state index in [1.165, 1.54) is 18.3 Å². The van der Waals surface area contributed by atoms with Crippen LogP contribution in [0.3, 0.4) is 0 Å². The van der Waals surface area contributed by atoms with Crippen molar-refractivity contribution < 1.29 is 13.5 Å². The largest absolute Gasteiger partial charge is 0.398 e. The van der Waals surface area contributed by atoms with Crippen LogP contribution in [0.5, 0.6) is 0 Å². The zero-order valence-corrected chi connectivity index (χ0v) is 11.2. The summed E-state index contributed by atoms with van der Waals surface area (Å²) in [5, 5.41) is 9.53. The molecule has 0 saturated heterocycles. The number of benzene rings is 1. The highest BCUT2D eigenvalue weighted by Crippen LogP contribution is 2.25. The van der Waals surface area contributed by atoms with Gasteiger partial charge in [0.1, 0.15) is 4.90 Å². The summed E-state index contributed by atoms with van der Waals surface area (Å²) in [7, 11) is -3.74. The van der Waals surface area contributed by atoms with E-state index in [9.17, 15) is 8.42 Å². The first kappa shape index (κ1) is 13.7. The van der Waals surface area contributed by atoms with E-state index < -0.39 is 16.1 Å². The van der Waals surface area contributed by atoms with Gasteiger partial charge in [0, 0.05) is 23.3 Å². The van der Waals surface area contributed by atoms with Gasteiger partial charge in [-0.2, -0.15) is 0 Å². The summed E-state index contributed by atoms with van der Waals surface area (Å²) in [6, 6.07) is 5.78. The molecule has 1 aromatic heterocycles. The van der Waals surface area contributed by atoms with Crippen molar-refractivity contribution in [3.8, 4) is 0 Å². The molecule has 4 N–H and O–H groups in total. The van der Waals surface area contributed by atoms with Crippen LogP contribution in [-0.2, 0) is 10.0 Å². The van der Waals surface area contributed by atoms with Crippen LogP contribution < -0.4 is 10.5 Å². The molecule has 1 unspecified atom stereocenters. The molecule has 0 radical (unpaired) electrons. The van der Waals surface area contributed by atoms with Gasteiger partial charge in [-0.15, -0.1) is 0 Å². The van der Waals surface area contributed by atoms with Crippen LogP contribution in [0.2, 0.25) is 0 Å². The molecule has 0 bridgehead atoms. The van der Waals surface area contributed by atoms with E-state index in [1.807, 2.05) is 0 Å².